The van der Waals surface area contributed by atoms with E-state index in [1.807, 2.05) is 32.0 Å². The molecule has 2 aliphatic rings. The van der Waals surface area contributed by atoms with Crippen LogP contribution in [-0.4, -0.2) is 23.7 Å². The number of halogens is 1. The molecule has 2 aliphatic heterocycles. The van der Waals surface area contributed by atoms with Gasteiger partial charge in [0.15, 0.2) is 0 Å². The number of rotatable bonds is 4. The number of aliphatic hydroxyl groups excluding tert-OH is 1. The van der Waals surface area contributed by atoms with Crippen LogP contribution in [-0.2, 0) is 49.5 Å². The number of cyclic esters (lactones) is 2. The topological polar surface area (TPSA) is 72.8 Å². The first-order valence-corrected chi connectivity index (χ1v) is 10.1. The molecule has 0 aromatic heterocycles. The van der Waals surface area contributed by atoms with Crippen molar-refractivity contribution in [3.05, 3.63) is 75.1 Å². The molecule has 182 valence electrons. The number of hydrogen-bond acceptors (Lipinski definition) is 5. The smallest absolute Gasteiger partial charge is 0.339 e. The molecule has 5 nitrogen and oxygen atoms in total. The van der Waals surface area contributed by atoms with Crippen molar-refractivity contribution in [2.45, 2.75) is 61.1 Å². The zero-order valence-electron chi connectivity index (χ0n) is 21.3. The second-order valence-electron chi connectivity index (χ2n) is 6.95. The van der Waals surface area contributed by atoms with Crippen LogP contribution in [0.25, 0.3) is 0 Å². The number of unbranched alkanes of at least 4 members (excludes halogenated alkanes) is 1. The molecule has 7 heteroatoms. The van der Waals surface area contributed by atoms with Crippen LogP contribution < -0.4 is 0 Å². The molecule has 0 fully saturated rings. The Hall–Kier alpha value is -1.52. The van der Waals surface area contributed by atoms with E-state index >= 15 is 0 Å². The summed E-state index contributed by atoms with van der Waals surface area (Å²) >= 11 is 3.38. The summed E-state index contributed by atoms with van der Waals surface area (Å²) in [6.07, 6.45) is 2.65. The van der Waals surface area contributed by atoms with Crippen molar-refractivity contribution in [3.8, 4) is 0 Å². The molecule has 2 aromatic rings. The number of aliphatic hydroxyl groups is 1. The molecule has 32 heavy (non-hydrogen) atoms. The van der Waals surface area contributed by atoms with Crippen LogP contribution in [0.1, 0.15) is 78.9 Å². The van der Waals surface area contributed by atoms with Crippen molar-refractivity contribution >= 4 is 27.9 Å². The van der Waals surface area contributed by atoms with Gasteiger partial charge in [0.2, 0.25) is 0 Å². The van der Waals surface area contributed by atoms with E-state index in [0.29, 0.717) is 13.2 Å². The summed E-state index contributed by atoms with van der Waals surface area (Å²) in [6, 6.07) is 7.89. The predicted octanol–water partition coefficient (Wildman–Crippen LogP) is 6.13. The molecule has 0 saturated carbocycles. The van der Waals surface area contributed by atoms with E-state index in [2.05, 4.69) is 22.0 Å². The summed E-state index contributed by atoms with van der Waals surface area (Å²) in [7, 11) is 2.50. The number of carbonyl (C=O) groups excluding carboxylic acids is 2. The van der Waals surface area contributed by atoms with E-state index < -0.39 is 0 Å². The van der Waals surface area contributed by atoms with E-state index in [1.54, 1.807) is 0 Å². The van der Waals surface area contributed by atoms with E-state index in [-0.39, 0.29) is 46.4 Å². The van der Waals surface area contributed by atoms with E-state index in [1.165, 1.54) is 20.4 Å². The summed E-state index contributed by atoms with van der Waals surface area (Å²) in [5, 5.41) is 8.75. The summed E-state index contributed by atoms with van der Waals surface area (Å²) < 4.78 is 22.4. The van der Waals surface area contributed by atoms with Gasteiger partial charge in [0, 0.05) is 45.4 Å². The number of hydrogen-bond donors (Lipinski definition) is 1. The number of aryl methyl sites for hydroxylation is 3. The fourth-order valence-corrected chi connectivity index (χ4v) is 3.95. The maximum atomic E-state index is 11.5. The van der Waals surface area contributed by atoms with Crippen LogP contribution in [0.4, 0.5) is 0 Å². The number of fused-ring (bicyclic) bond motifs is 2. The average Bonchev–Trinajstić information content (AvgIpc) is 3.40. The third-order valence-corrected chi connectivity index (χ3v) is 5.78. The van der Waals surface area contributed by atoms with Gasteiger partial charge in [-0.15, -0.1) is 0 Å². The van der Waals surface area contributed by atoms with E-state index in [0.717, 1.165) is 57.1 Å². The van der Waals surface area contributed by atoms with Crippen LogP contribution in [0.2, 0.25) is 0 Å². The summed E-state index contributed by atoms with van der Waals surface area (Å²) in [4.78, 5) is 22.7. The van der Waals surface area contributed by atoms with Gasteiger partial charge < -0.3 is 22.0 Å². The van der Waals surface area contributed by atoms with Crippen LogP contribution >= 0.6 is 15.9 Å². The zero-order valence-corrected chi connectivity index (χ0v) is 22.5. The van der Waals surface area contributed by atoms with Crippen molar-refractivity contribution in [2.75, 3.05) is 6.61 Å². The first kappa shape index (κ1) is 28.5. The Balaban J connectivity index is 0. The standard InChI is InChI=1S/C13H16O3.C9H7BrO2.2CH4.CH3.Pd/c1-9-5-6-10(4-2-3-7-14)11-8-16-13(15)12(9)11;1-5-2-3-7(10)6-4-12-9(11)8(5)6;;;;/h5-6,14H,2-4,7-8H2,1H3;2-3H,4H2,1H3;2*1H4;1H3;/q;;;;-1;/i;;2*1T;;. The summed E-state index contributed by atoms with van der Waals surface area (Å²) in [6.45, 7) is 4.88. The minimum Gasteiger partial charge on any atom is -0.457 e. The van der Waals surface area contributed by atoms with Crippen molar-refractivity contribution in [1.82, 2.24) is 0 Å². The number of benzene rings is 2. The molecule has 0 atom stereocenters. The summed E-state index contributed by atoms with van der Waals surface area (Å²) in [5.41, 5.74) is 6.65. The molecule has 0 saturated heterocycles. The molecule has 0 unspecified atom stereocenters. The van der Waals surface area contributed by atoms with Gasteiger partial charge >= 0.3 is 11.9 Å². The summed E-state index contributed by atoms with van der Waals surface area (Å²) in [5.74, 6) is -0.402. The molecule has 0 amide bonds. The second kappa shape index (κ2) is 14.6. The third kappa shape index (κ3) is 6.99. The van der Waals surface area contributed by atoms with Crippen molar-refractivity contribution in [2.24, 2.45) is 0 Å². The Morgan fingerprint density at radius 2 is 1.44 bits per heavy atom. The molecule has 0 bridgehead atoms. The monoisotopic (exact) mass is 603 g/mol. The zero-order chi connectivity index (χ0) is 24.3. The number of ether oxygens (including phenoxy) is 2. The minimum atomic E-state index is -0.205. The third-order valence-electron chi connectivity index (χ3n) is 5.04. The van der Waals surface area contributed by atoms with Crippen molar-refractivity contribution in [3.63, 3.8) is 0 Å². The van der Waals surface area contributed by atoms with Crippen molar-refractivity contribution in [1.29, 1.82) is 0 Å². The average molecular weight is 605 g/mol. The molecule has 0 radical (unpaired) electrons. The van der Waals surface area contributed by atoms with Gasteiger partial charge in [-0.25, -0.2) is 9.59 Å². The Kier molecular flexibility index (Phi) is 13.0. The second-order valence-corrected chi connectivity index (χ2v) is 7.80. The predicted molar refractivity (Wildman–Crippen MR) is 128 cm³/mol. The van der Waals surface area contributed by atoms with Gasteiger partial charge in [0.1, 0.15) is 13.2 Å². The van der Waals surface area contributed by atoms with Gasteiger partial charge in [-0.3, -0.25) is 0 Å². The Morgan fingerprint density at radius 3 is 1.97 bits per heavy atom. The molecular weight excluding hydrogens is 567 g/mol. The molecule has 4 rings (SSSR count). The Bertz CT molecular complexity index is 938. The molecular formula is C25H34BrO5Pd-. The van der Waals surface area contributed by atoms with E-state index in [4.69, 9.17) is 17.3 Å². The largest absolute Gasteiger partial charge is 0.457 e. The molecule has 2 heterocycles. The van der Waals surface area contributed by atoms with Gasteiger partial charge in [0.25, 0.3) is 0 Å². The first-order valence-electron chi connectivity index (χ1n) is 11.3. The number of carbonyl (C=O) groups is 2. The van der Waals surface area contributed by atoms with Crippen LogP contribution in [0.5, 0.6) is 0 Å². The quantitative estimate of drug-likeness (QED) is 0.197. The normalized spacial score (nSPS) is 12.7. The Labute approximate surface area is 217 Å². The van der Waals surface area contributed by atoms with Gasteiger partial charge in [0.05, 0.1) is 11.1 Å². The van der Waals surface area contributed by atoms with Gasteiger partial charge in [-0.2, -0.15) is 0 Å². The van der Waals surface area contributed by atoms with E-state index in [9.17, 15) is 9.59 Å². The Morgan fingerprint density at radius 1 is 0.938 bits per heavy atom. The van der Waals surface area contributed by atoms with Gasteiger partial charge in [-0.05, 0) is 55.9 Å². The fourth-order valence-electron chi connectivity index (χ4n) is 3.50. The SMILES string of the molecule is Cc1ccc(Br)c2c1C(=O)OC2.Cc1ccc(CCCCO)c2c1C(=O)OC2.[3H]C.[3H]C.[CH3-].[Pd]. The first-order chi connectivity index (χ1) is 15.4. The van der Waals surface area contributed by atoms with Crippen LogP contribution in [0, 0.1) is 21.3 Å². The molecule has 0 aliphatic carbocycles. The molecule has 1 N–H and O–H groups in total. The maximum Gasteiger partial charge on any atom is 0.339 e. The van der Waals surface area contributed by atoms with Crippen molar-refractivity contribution < 1.29 is 47.3 Å². The van der Waals surface area contributed by atoms with Crippen LogP contribution in [0.15, 0.2) is 28.7 Å². The fraction of sp³-hybridized carbons (Fsp3) is 0.400. The number of esters is 2. The van der Waals surface area contributed by atoms with Gasteiger partial charge in [-0.1, -0.05) is 48.9 Å². The molecule has 0 spiro atoms. The minimum absolute atomic E-state index is 0. The molecule has 2 aromatic carbocycles. The van der Waals surface area contributed by atoms with Crippen LogP contribution in [0.3, 0.4) is 0 Å². The maximum absolute atomic E-state index is 11.5.